The zero-order chi connectivity index (χ0) is 13.8. The lowest BCUT2D eigenvalue weighted by Gasteiger charge is -2.07. The third-order valence-electron chi connectivity index (χ3n) is 2.58. The van der Waals surface area contributed by atoms with Crippen LogP contribution in [0.2, 0.25) is 0 Å². The maximum atomic E-state index is 11.3. The summed E-state index contributed by atoms with van der Waals surface area (Å²) in [6, 6.07) is 9.75. The lowest BCUT2D eigenvalue weighted by atomic mass is 10.3. The largest absolute Gasteiger partial charge is 0.494 e. The van der Waals surface area contributed by atoms with Crippen LogP contribution in [0.15, 0.2) is 30.3 Å². The molecule has 1 rings (SSSR count). The number of para-hydroxylation sites is 1. The van der Waals surface area contributed by atoms with Gasteiger partial charge in [-0.25, -0.2) is 0 Å². The van der Waals surface area contributed by atoms with Crippen LogP contribution in [0.3, 0.4) is 0 Å². The van der Waals surface area contributed by atoms with Crippen LogP contribution in [0.1, 0.15) is 26.2 Å². The standard InChI is InChI=1S/C15H23NO3/c1-2-18-13-10-15(17)16-11-6-7-12-19-14-8-4-3-5-9-14/h3-5,8-9H,2,6-7,10-13H2,1H3,(H,16,17). The average Bonchev–Trinajstić information content (AvgIpc) is 2.44. The molecule has 4 nitrogen and oxygen atoms in total. The summed E-state index contributed by atoms with van der Waals surface area (Å²) in [5, 5.41) is 2.87. The molecular weight excluding hydrogens is 242 g/mol. The van der Waals surface area contributed by atoms with E-state index >= 15 is 0 Å². The van der Waals surface area contributed by atoms with Crippen molar-refractivity contribution in [2.24, 2.45) is 0 Å². The van der Waals surface area contributed by atoms with E-state index in [2.05, 4.69) is 5.32 Å². The van der Waals surface area contributed by atoms with Gasteiger partial charge in [-0.2, -0.15) is 0 Å². The van der Waals surface area contributed by atoms with Crippen molar-refractivity contribution in [1.82, 2.24) is 5.32 Å². The number of amides is 1. The molecule has 0 spiro atoms. The Morgan fingerprint density at radius 3 is 2.68 bits per heavy atom. The van der Waals surface area contributed by atoms with Gasteiger partial charge in [0.15, 0.2) is 0 Å². The first kappa shape index (κ1) is 15.5. The minimum Gasteiger partial charge on any atom is -0.494 e. The van der Waals surface area contributed by atoms with Crippen molar-refractivity contribution in [2.75, 3.05) is 26.4 Å². The lowest BCUT2D eigenvalue weighted by molar-refractivity contribution is -0.122. The van der Waals surface area contributed by atoms with Crippen molar-refractivity contribution in [3.8, 4) is 5.75 Å². The highest BCUT2D eigenvalue weighted by Gasteiger charge is 1.99. The fourth-order valence-electron chi connectivity index (χ4n) is 1.56. The van der Waals surface area contributed by atoms with Crippen molar-refractivity contribution >= 4 is 5.91 Å². The van der Waals surface area contributed by atoms with E-state index in [0.29, 0.717) is 32.8 Å². The predicted molar refractivity (Wildman–Crippen MR) is 75.3 cm³/mol. The predicted octanol–water partition coefficient (Wildman–Crippen LogP) is 2.39. The third-order valence-corrected chi connectivity index (χ3v) is 2.58. The number of carbonyl (C=O) groups is 1. The van der Waals surface area contributed by atoms with Gasteiger partial charge in [-0.3, -0.25) is 4.79 Å². The van der Waals surface area contributed by atoms with Crippen molar-refractivity contribution < 1.29 is 14.3 Å². The number of hydrogen-bond donors (Lipinski definition) is 1. The van der Waals surface area contributed by atoms with Crippen molar-refractivity contribution in [2.45, 2.75) is 26.2 Å². The highest BCUT2D eigenvalue weighted by molar-refractivity contribution is 5.75. The molecule has 0 aliphatic rings. The molecule has 1 aromatic rings. The number of hydrogen-bond acceptors (Lipinski definition) is 3. The molecule has 0 heterocycles. The lowest BCUT2D eigenvalue weighted by Crippen LogP contribution is -2.25. The van der Waals surface area contributed by atoms with Crippen LogP contribution in [0, 0.1) is 0 Å². The Hall–Kier alpha value is -1.55. The summed E-state index contributed by atoms with van der Waals surface area (Å²) < 4.78 is 10.7. The minimum absolute atomic E-state index is 0.0532. The van der Waals surface area contributed by atoms with Gasteiger partial charge in [0.25, 0.3) is 0 Å². The number of carbonyl (C=O) groups excluding carboxylic acids is 1. The number of unbranched alkanes of at least 4 members (excludes halogenated alkanes) is 1. The quantitative estimate of drug-likeness (QED) is 0.661. The van der Waals surface area contributed by atoms with Crippen LogP contribution in [0.4, 0.5) is 0 Å². The molecule has 0 radical (unpaired) electrons. The van der Waals surface area contributed by atoms with Gasteiger partial charge in [0.2, 0.25) is 5.91 Å². The summed E-state index contributed by atoms with van der Waals surface area (Å²) in [6.07, 6.45) is 2.29. The molecule has 0 unspecified atom stereocenters. The molecule has 106 valence electrons. The first-order chi connectivity index (χ1) is 9.33. The molecule has 0 atom stereocenters. The molecule has 0 saturated heterocycles. The second-order valence-electron chi connectivity index (χ2n) is 4.17. The summed E-state index contributed by atoms with van der Waals surface area (Å²) in [5.41, 5.74) is 0. The van der Waals surface area contributed by atoms with E-state index in [1.54, 1.807) is 0 Å². The van der Waals surface area contributed by atoms with Crippen LogP contribution in [0.5, 0.6) is 5.75 Å². The van der Waals surface area contributed by atoms with E-state index in [4.69, 9.17) is 9.47 Å². The van der Waals surface area contributed by atoms with Crippen LogP contribution in [0.25, 0.3) is 0 Å². The Morgan fingerprint density at radius 2 is 1.95 bits per heavy atom. The van der Waals surface area contributed by atoms with E-state index in [1.165, 1.54) is 0 Å². The first-order valence-corrected chi connectivity index (χ1v) is 6.85. The molecule has 0 fully saturated rings. The molecule has 0 bridgehead atoms. The Kier molecular flexibility index (Phi) is 8.47. The average molecular weight is 265 g/mol. The Balaban J connectivity index is 1.92. The SMILES string of the molecule is CCOCCC(=O)NCCCCOc1ccccc1. The number of ether oxygens (including phenoxy) is 2. The fraction of sp³-hybridized carbons (Fsp3) is 0.533. The van der Waals surface area contributed by atoms with Crippen molar-refractivity contribution in [3.05, 3.63) is 30.3 Å². The van der Waals surface area contributed by atoms with Crippen molar-refractivity contribution in [3.63, 3.8) is 0 Å². The van der Waals surface area contributed by atoms with Gasteiger partial charge in [0.05, 0.1) is 13.2 Å². The monoisotopic (exact) mass is 265 g/mol. The van der Waals surface area contributed by atoms with Gasteiger partial charge in [-0.05, 0) is 31.9 Å². The van der Waals surface area contributed by atoms with E-state index < -0.39 is 0 Å². The molecule has 0 aromatic heterocycles. The molecule has 1 N–H and O–H groups in total. The number of benzene rings is 1. The summed E-state index contributed by atoms with van der Waals surface area (Å²) in [5.74, 6) is 0.945. The highest BCUT2D eigenvalue weighted by Crippen LogP contribution is 2.08. The van der Waals surface area contributed by atoms with Gasteiger partial charge in [0, 0.05) is 19.6 Å². The van der Waals surface area contributed by atoms with Crippen LogP contribution in [-0.2, 0) is 9.53 Å². The molecule has 0 aliphatic carbocycles. The van der Waals surface area contributed by atoms with E-state index in [9.17, 15) is 4.79 Å². The molecule has 19 heavy (non-hydrogen) atoms. The van der Waals surface area contributed by atoms with Crippen molar-refractivity contribution in [1.29, 1.82) is 0 Å². The van der Waals surface area contributed by atoms with Crippen LogP contribution < -0.4 is 10.1 Å². The van der Waals surface area contributed by atoms with Crippen LogP contribution >= 0.6 is 0 Å². The molecule has 0 saturated carbocycles. The van der Waals surface area contributed by atoms with Gasteiger partial charge in [-0.15, -0.1) is 0 Å². The molecule has 0 aliphatic heterocycles. The highest BCUT2D eigenvalue weighted by atomic mass is 16.5. The maximum absolute atomic E-state index is 11.3. The zero-order valence-corrected chi connectivity index (χ0v) is 11.6. The summed E-state index contributed by atoms with van der Waals surface area (Å²) >= 11 is 0. The van der Waals surface area contributed by atoms with E-state index in [-0.39, 0.29) is 5.91 Å². The number of rotatable bonds is 10. The summed E-state index contributed by atoms with van der Waals surface area (Å²) in [7, 11) is 0. The number of nitrogens with one attached hydrogen (secondary N) is 1. The maximum Gasteiger partial charge on any atom is 0.222 e. The van der Waals surface area contributed by atoms with Gasteiger partial charge >= 0.3 is 0 Å². The smallest absolute Gasteiger partial charge is 0.222 e. The minimum atomic E-state index is 0.0532. The first-order valence-electron chi connectivity index (χ1n) is 6.85. The zero-order valence-electron chi connectivity index (χ0n) is 11.6. The molecule has 4 heteroatoms. The second-order valence-corrected chi connectivity index (χ2v) is 4.17. The van der Waals surface area contributed by atoms with Gasteiger partial charge < -0.3 is 14.8 Å². The molecule has 1 amide bonds. The summed E-state index contributed by atoms with van der Waals surface area (Å²) in [4.78, 5) is 11.3. The van der Waals surface area contributed by atoms with E-state index in [0.717, 1.165) is 18.6 Å². The summed E-state index contributed by atoms with van der Waals surface area (Å²) in [6.45, 7) is 4.45. The second kappa shape index (κ2) is 10.4. The topological polar surface area (TPSA) is 47.6 Å². The Labute approximate surface area is 115 Å². The normalized spacial score (nSPS) is 10.2. The van der Waals surface area contributed by atoms with Gasteiger partial charge in [0.1, 0.15) is 5.75 Å². The van der Waals surface area contributed by atoms with Gasteiger partial charge in [-0.1, -0.05) is 18.2 Å². The molecular formula is C15H23NO3. The van der Waals surface area contributed by atoms with E-state index in [1.807, 2.05) is 37.3 Å². The Morgan fingerprint density at radius 1 is 1.16 bits per heavy atom. The Bertz CT molecular complexity index is 341. The fourth-order valence-corrected chi connectivity index (χ4v) is 1.56. The third kappa shape index (κ3) is 8.21. The molecule has 1 aromatic carbocycles. The van der Waals surface area contributed by atoms with Crippen LogP contribution in [-0.4, -0.2) is 32.3 Å².